The molecule has 4 heteroatoms. The van der Waals surface area contributed by atoms with Crippen molar-refractivity contribution in [3.8, 4) is 0 Å². The third-order valence-electron chi connectivity index (χ3n) is 2.24. The van der Waals surface area contributed by atoms with Gasteiger partial charge in [-0.05, 0) is 17.7 Å². The van der Waals surface area contributed by atoms with Crippen molar-refractivity contribution >= 4 is 6.03 Å². The summed E-state index contributed by atoms with van der Waals surface area (Å²) in [6, 6.07) is 15.2. The molecule has 0 radical (unpaired) electrons. The molecule has 0 saturated heterocycles. The molecule has 2 rings (SSSR count). The van der Waals surface area contributed by atoms with E-state index in [-0.39, 0.29) is 18.4 Å². The van der Waals surface area contributed by atoms with E-state index in [0.717, 1.165) is 5.56 Å². The van der Waals surface area contributed by atoms with Gasteiger partial charge in [0.15, 0.2) is 0 Å². The number of aromatic nitrogens is 1. The molecule has 1 N–H and O–H groups in total. The van der Waals surface area contributed by atoms with Crippen LogP contribution in [0.25, 0.3) is 0 Å². The average Bonchev–Trinajstić information content (AvgIpc) is 2.38. The van der Waals surface area contributed by atoms with E-state index in [4.69, 9.17) is 0 Å². The molecule has 3 nitrogen and oxygen atoms in total. The van der Waals surface area contributed by atoms with E-state index >= 15 is 0 Å². The second-order valence-corrected chi connectivity index (χ2v) is 3.43. The Morgan fingerprint density at radius 1 is 1.00 bits per heavy atom. The molecule has 0 aliphatic heterocycles. The van der Waals surface area contributed by atoms with Crippen molar-refractivity contribution in [3.05, 3.63) is 66.5 Å². The van der Waals surface area contributed by atoms with Gasteiger partial charge in [0.1, 0.15) is 6.54 Å². The van der Waals surface area contributed by atoms with Crippen molar-refractivity contribution in [2.75, 3.05) is 0 Å². The van der Waals surface area contributed by atoms with Gasteiger partial charge in [0, 0.05) is 0 Å². The predicted molar refractivity (Wildman–Crippen MR) is 60.7 cm³/mol. The highest BCUT2D eigenvalue weighted by Gasteiger charge is 2.10. The summed E-state index contributed by atoms with van der Waals surface area (Å²) in [6.45, 7) is 0.543. The maximum atomic E-state index is 11.7. The van der Waals surface area contributed by atoms with E-state index in [1.165, 1.54) is 4.57 Å². The minimum Gasteiger partial charge on any atom is -1.00 e. The van der Waals surface area contributed by atoms with Gasteiger partial charge in [-0.2, -0.15) is 9.36 Å². The largest absolute Gasteiger partial charge is 1.00 e. The highest BCUT2D eigenvalue weighted by atomic mass is 35.5. The standard InChI is InChI=1S/C13H12N2O.ClH/c16-13(15-9-5-2-6-10-15)14-11-12-7-3-1-4-8-12;/h1-10H,11H2;1H. The molecule has 1 heterocycles. The first kappa shape index (κ1) is 13.2. The summed E-state index contributed by atoms with van der Waals surface area (Å²) in [5.41, 5.74) is 1.09. The van der Waals surface area contributed by atoms with Crippen LogP contribution in [-0.2, 0) is 6.54 Å². The van der Waals surface area contributed by atoms with E-state index in [2.05, 4.69) is 5.32 Å². The number of hydrogen-bond acceptors (Lipinski definition) is 1. The molecular weight excluding hydrogens is 236 g/mol. The van der Waals surface area contributed by atoms with Crippen LogP contribution in [0.2, 0.25) is 0 Å². The van der Waals surface area contributed by atoms with E-state index < -0.39 is 0 Å². The van der Waals surface area contributed by atoms with Crippen LogP contribution in [0.4, 0.5) is 4.79 Å². The lowest BCUT2D eigenvalue weighted by molar-refractivity contribution is -0.572. The minimum atomic E-state index is -0.121. The normalized spacial score (nSPS) is 9.18. The maximum Gasteiger partial charge on any atom is 0.495 e. The highest BCUT2D eigenvalue weighted by molar-refractivity contribution is 5.64. The zero-order valence-electron chi connectivity index (χ0n) is 9.21. The molecule has 2 aromatic rings. The number of halogens is 1. The molecule has 1 aromatic carbocycles. The van der Waals surface area contributed by atoms with Gasteiger partial charge in [-0.3, -0.25) is 0 Å². The van der Waals surface area contributed by atoms with Crippen LogP contribution in [0.5, 0.6) is 0 Å². The summed E-state index contributed by atoms with van der Waals surface area (Å²) >= 11 is 0. The van der Waals surface area contributed by atoms with Crippen LogP contribution in [0, 0.1) is 0 Å². The fraction of sp³-hybridized carbons (Fsp3) is 0.0769. The Kier molecular flexibility index (Phi) is 5.17. The summed E-state index contributed by atoms with van der Waals surface area (Å²) in [5, 5.41) is 2.84. The lowest BCUT2D eigenvalue weighted by Gasteiger charge is -1.99. The molecule has 0 saturated carbocycles. The Hall–Kier alpha value is -1.87. The van der Waals surface area contributed by atoms with Crippen LogP contribution >= 0.6 is 0 Å². The van der Waals surface area contributed by atoms with E-state index in [0.29, 0.717) is 6.54 Å². The van der Waals surface area contributed by atoms with Gasteiger partial charge in [0.2, 0.25) is 0 Å². The third kappa shape index (κ3) is 3.89. The molecule has 0 bridgehead atoms. The Labute approximate surface area is 107 Å². The monoisotopic (exact) mass is 248 g/mol. The summed E-state index contributed by atoms with van der Waals surface area (Å²) in [4.78, 5) is 11.7. The van der Waals surface area contributed by atoms with Crippen molar-refractivity contribution in [2.45, 2.75) is 6.54 Å². The summed E-state index contributed by atoms with van der Waals surface area (Å²) in [5.74, 6) is 0. The summed E-state index contributed by atoms with van der Waals surface area (Å²) in [7, 11) is 0. The molecule has 0 aliphatic carbocycles. The number of hydrogen-bond donors (Lipinski definition) is 1. The number of nitrogens with zero attached hydrogens (tertiary/aromatic N) is 1. The summed E-state index contributed by atoms with van der Waals surface area (Å²) < 4.78 is 1.52. The predicted octanol–water partition coefficient (Wildman–Crippen LogP) is -1.26. The number of amides is 1. The zero-order chi connectivity index (χ0) is 11.2. The van der Waals surface area contributed by atoms with Gasteiger partial charge >= 0.3 is 6.03 Å². The van der Waals surface area contributed by atoms with Crippen molar-refractivity contribution in [3.63, 3.8) is 0 Å². The Morgan fingerprint density at radius 2 is 1.59 bits per heavy atom. The number of carbonyl (C=O) groups is 1. The molecular formula is C13H13ClN2O. The smallest absolute Gasteiger partial charge is 0.495 e. The number of carbonyl (C=O) groups excluding carboxylic acids is 1. The van der Waals surface area contributed by atoms with Crippen LogP contribution in [0.15, 0.2) is 60.9 Å². The first-order valence-corrected chi connectivity index (χ1v) is 5.15. The molecule has 0 fully saturated rings. The first-order valence-electron chi connectivity index (χ1n) is 5.15. The molecule has 1 amide bonds. The third-order valence-corrected chi connectivity index (χ3v) is 2.24. The van der Waals surface area contributed by atoms with E-state index in [1.807, 2.05) is 48.5 Å². The van der Waals surface area contributed by atoms with Crippen molar-refractivity contribution in [1.82, 2.24) is 5.32 Å². The Bertz CT molecular complexity index is 459. The average molecular weight is 249 g/mol. The topological polar surface area (TPSA) is 33.0 Å². The number of benzene rings is 1. The lowest BCUT2D eigenvalue weighted by atomic mass is 10.2. The maximum absolute atomic E-state index is 11.7. The fourth-order valence-corrected chi connectivity index (χ4v) is 1.40. The van der Waals surface area contributed by atoms with E-state index in [9.17, 15) is 4.79 Å². The molecule has 0 atom stereocenters. The van der Waals surface area contributed by atoms with E-state index in [1.54, 1.807) is 12.4 Å². The minimum absolute atomic E-state index is 0. The van der Waals surface area contributed by atoms with Gasteiger partial charge in [-0.25, -0.2) is 5.32 Å². The second kappa shape index (κ2) is 6.66. The zero-order valence-corrected chi connectivity index (χ0v) is 9.97. The Balaban J connectivity index is 0.00000144. The molecule has 0 unspecified atom stereocenters. The number of rotatable bonds is 2. The van der Waals surface area contributed by atoms with Crippen molar-refractivity contribution in [1.29, 1.82) is 0 Å². The van der Waals surface area contributed by atoms with Crippen LogP contribution in [0.3, 0.4) is 0 Å². The molecule has 88 valence electrons. The lowest BCUT2D eigenvalue weighted by Crippen LogP contribution is -3.00. The quantitative estimate of drug-likeness (QED) is 0.661. The van der Waals surface area contributed by atoms with Crippen molar-refractivity contribution < 1.29 is 21.8 Å². The number of pyridine rings is 1. The molecule has 0 spiro atoms. The second-order valence-electron chi connectivity index (χ2n) is 3.43. The molecule has 17 heavy (non-hydrogen) atoms. The van der Waals surface area contributed by atoms with Crippen LogP contribution in [-0.4, -0.2) is 6.03 Å². The van der Waals surface area contributed by atoms with Crippen molar-refractivity contribution in [2.24, 2.45) is 0 Å². The highest BCUT2D eigenvalue weighted by Crippen LogP contribution is 1.96. The van der Waals surface area contributed by atoms with Gasteiger partial charge in [0.05, 0.1) is 12.4 Å². The molecule has 0 aliphatic rings. The molecule has 1 aromatic heterocycles. The van der Waals surface area contributed by atoms with Gasteiger partial charge in [-0.15, -0.1) is 0 Å². The fourth-order valence-electron chi connectivity index (χ4n) is 1.40. The SMILES string of the molecule is O=C(NCc1ccccc1)[n+]1ccccc1.[Cl-]. The van der Waals surface area contributed by atoms with Crippen LogP contribution < -0.4 is 22.3 Å². The summed E-state index contributed by atoms with van der Waals surface area (Å²) in [6.07, 6.45) is 3.45. The first-order chi connectivity index (χ1) is 7.86. The van der Waals surface area contributed by atoms with Gasteiger partial charge < -0.3 is 12.4 Å². The number of nitrogens with one attached hydrogen (secondary N) is 1. The van der Waals surface area contributed by atoms with Gasteiger partial charge in [-0.1, -0.05) is 36.4 Å². The Morgan fingerprint density at radius 3 is 2.24 bits per heavy atom. The van der Waals surface area contributed by atoms with Gasteiger partial charge in [0.25, 0.3) is 0 Å². The van der Waals surface area contributed by atoms with Crippen LogP contribution in [0.1, 0.15) is 5.56 Å².